The molecule has 0 radical (unpaired) electrons. The van der Waals surface area contributed by atoms with Crippen molar-refractivity contribution in [1.29, 1.82) is 5.26 Å². The SMILES string of the molecule is CC(CC#N)N(C)c1c(N)cncc1Br. The van der Waals surface area contributed by atoms with Crippen LogP contribution >= 0.6 is 15.9 Å². The molecule has 1 aromatic rings. The van der Waals surface area contributed by atoms with Crippen molar-refractivity contribution in [3.63, 3.8) is 0 Å². The first-order valence-corrected chi connectivity index (χ1v) is 5.36. The van der Waals surface area contributed by atoms with E-state index in [0.29, 0.717) is 12.1 Å². The van der Waals surface area contributed by atoms with Gasteiger partial charge < -0.3 is 10.6 Å². The summed E-state index contributed by atoms with van der Waals surface area (Å²) in [5, 5.41) is 8.64. The number of nitriles is 1. The van der Waals surface area contributed by atoms with Crippen molar-refractivity contribution in [2.24, 2.45) is 0 Å². The van der Waals surface area contributed by atoms with Crippen LogP contribution in [0.15, 0.2) is 16.9 Å². The first-order valence-electron chi connectivity index (χ1n) is 4.56. The van der Waals surface area contributed by atoms with Gasteiger partial charge in [0.05, 0.1) is 34.5 Å². The molecule has 15 heavy (non-hydrogen) atoms. The number of nitrogens with zero attached hydrogens (tertiary/aromatic N) is 3. The van der Waals surface area contributed by atoms with Crippen LogP contribution in [0.2, 0.25) is 0 Å². The number of nitrogens with two attached hydrogens (primary N) is 1. The predicted octanol–water partition coefficient (Wildman–Crippen LogP) is 2.16. The van der Waals surface area contributed by atoms with E-state index >= 15 is 0 Å². The Bertz CT molecular complexity index is 365. The van der Waals surface area contributed by atoms with E-state index in [-0.39, 0.29) is 6.04 Å². The number of hydrogen-bond donors (Lipinski definition) is 1. The molecule has 0 amide bonds. The molecule has 0 fully saturated rings. The van der Waals surface area contributed by atoms with E-state index in [1.54, 1.807) is 12.4 Å². The van der Waals surface area contributed by atoms with Crippen LogP contribution in [0.25, 0.3) is 0 Å². The van der Waals surface area contributed by atoms with Crippen LogP contribution in [0.4, 0.5) is 11.4 Å². The fourth-order valence-electron chi connectivity index (χ4n) is 1.30. The molecule has 1 unspecified atom stereocenters. The van der Waals surface area contributed by atoms with E-state index in [1.807, 2.05) is 18.9 Å². The van der Waals surface area contributed by atoms with Gasteiger partial charge in [0.2, 0.25) is 0 Å². The van der Waals surface area contributed by atoms with Crippen LogP contribution in [0.5, 0.6) is 0 Å². The number of nitrogen functional groups attached to an aromatic ring is 1. The maximum absolute atomic E-state index is 8.64. The van der Waals surface area contributed by atoms with Gasteiger partial charge in [-0.05, 0) is 22.9 Å². The van der Waals surface area contributed by atoms with E-state index in [1.165, 1.54) is 0 Å². The van der Waals surface area contributed by atoms with E-state index < -0.39 is 0 Å². The molecule has 1 rings (SSSR count). The molecular formula is C10H13BrN4. The van der Waals surface area contributed by atoms with Crippen molar-refractivity contribution in [3.05, 3.63) is 16.9 Å². The zero-order chi connectivity index (χ0) is 11.4. The van der Waals surface area contributed by atoms with Crippen molar-refractivity contribution < 1.29 is 0 Å². The van der Waals surface area contributed by atoms with Gasteiger partial charge >= 0.3 is 0 Å². The highest BCUT2D eigenvalue weighted by Crippen LogP contribution is 2.31. The van der Waals surface area contributed by atoms with Gasteiger partial charge in [-0.15, -0.1) is 0 Å². The quantitative estimate of drug-likeness (QED) is 0.913. The van der Waals surface area contributed by atoms with Gasteiger partial charge in [-0.2, -0.15) is 5.26 Å². The summed E-state index contributed by atoms with van der Waals surface area (Å²) in [6.45, 7) is 1.98. The molecule has 2 N–H and O–H groups in total. The molecule has 0 aliphatic rings. The van der Waals surface area contributed by atoms with Crippen LogP contribution in [0, 0.1) is 11.3 Å². The Labute approximate surface area is 97.8 Å². The van der Waals surface area contributed by atoms with E-state index in [4.69, 9.17) is 11.0 Å². The van der Waals surface area contributed by atoms with Crippen molar-refractivity contribution in [2.75, 3.05) is 17.7 Å². The Kier molecular flexibility index (Phi) is 3.92. The molecule has 0 aliphatic carbocycles. The third-order valence-corrected chi connectivity index (χ3v) is 2.88. The molecule has 0 spiro atoms. The van der Waals surface area contributed by atoms with Gasteiger partial charge in [-0.25, -0.2) is 0 Å². The summed E-state index contributed by atoms with van der Waals surface area (Å²) in [6.07, 6.45) is 3.77. The average molecular weight is 269 g/mol. The summed E-state index contributed by atoms with van der Waals surface area (Å²) in [6, 6.07) is 2.26. The number of aromatic nitrogens is 1. The van der Waals surface area contributed by atoms with Crippen molar-refractivity contribution >= 4 is 27.3 Å². The van der Waals surface area contributed by atoms with Crippen LogP contribution in [-0.4, -0.2) is 18.1 Å². The number of anilines is 2. The summed E-state index contributed by atoms with van der Waals surface area (Å²) < 4.78 is 0.842. The molecule has 0 saturated heterocycles. The van der Waals surface area contributed by atoms with Crippen LogP contribution in [0.1, 0.15) is 13.3 Å². The summed E-state index contributed by atoms with van der Waals surface area (Å²) in [5.74, 6) is 0. The molecule has 80 valence electrons. The largest absolute Gasteiger partial charge is 0.396 e. The molecule has 0 saturated carbocycles. The number of pyridine rings is 1. The molecule has 0 aliphatic heterocycles. The second-order valence-corrected chi connectivity index (χ2v) is 4.24. The lowest BCUT2D eigenvalue weighted by Gasteiger charge is -2.27. The van der Waals surface area contributed by atoms with Crippen molar-refractivity contribution in [3.8, 4) is 6.07 Å². The third-order valence-electron chi connectivity index (χ3n) is 2.30. The molecule has 0 aromatic carbocycles. The summed E-state index contributed by atoms with van der Waals surface area (Å²) in [5.41, 5.74) is 7.33. The predicted molar refractivity (Wildman–Crippen MR) is 64.4 cm³/mol. The first kappa shape index (κ1) is 11.8. The van der Waals surface area contributed by atoms with Crippen LogP contribution in [0.3, 0.4) is 0 Å². The average Bonchev–Trinajstić information content (AvgIpc) is 2.17. The third kappa shape index (κ3) is 2.60. The topological polar surface area (TPSA) is 65.9 Å². The molecule has 1 heterocycles. The van der Waals surface area contributed by atoms with E-state index in [0.717, 1.165) is 10.2 Å². The zero-order valence-corrected chi connectivity index (χ0v) is 10.3. The lowest BCUT2D eigenvalue weighted by molar-refractivity contribution is 0.702. The number of rotatable bonds is 3. The Morgan fingerprint density at radius 1 is 1.67 bits per heavy atom. The summed E-state index contributed by atoms with van der Waals surface area (Å²) in [7, 11) is 1.92. The fraction of sp³-hybridized carbons (Fsp3) is 0.400. The lowest BCUT2D eigenvalue weighted by Crippen LogP contribution is -2.29. The fourth-order valence-corrected chi connectivity index (χ4v) is 1.93. The van der Waals surface area contributed by atoms with E-state index in [2.05, 4.69) is 27.0 Å². The van der Waals surface area contributed by atoms with Gasteiger partial charge in [-0.1, -0.05) is 0 Å². The number of halogens is 1. The van der Waals surface area contributed by atoms with E-state index in [9.17, 15) is 0 Å². The molecular weight excluding hydrogens is 256 g/mol. The van der Waals surface area contributed by atoms with Gasteiger partial charge in [0.25, 0.3) is 0 Å². The van der Waals surface area contributed by atoms with Gasteiger partial charge in [0.15, 0.2) is 0 Å². The van der Waals surface area contributed by atoms with Crippen LogP contribution in [-0.2, 0) is 0 Å². The lowest BCUT2D eigenvalue weighted by atomic mass is 10.2. The second kappa shape index (κ2) is 4.99. The molecule has 4 nitrogen and oxygen atoms in total. The number of hydrogen-bond acceptors (Lipinski definition) is 4. The summed E-state index contributed by atoms with van der Waals surface area (Å²) >= 11 is 3.40. The van der Waals surface area contributed by atoms with Crippen molar-refractivity contribution in [1.82, 2.24) is 4.98 Å². The monoisotopic (exact) mass is 268 g/mol. The zero-order valence-electron chi connectivity index (χ0n) is 8.74. The minimum Gasteiger partial charge on any atom is -0.396 e. The Morgan fingerprint density at radius 2 is 2.33 bits per heavy atom. The van der Waals surface area contributed by atoms with Crippen molar-refractivity contribution in [2.45, 2.75) is 19.4 Å². The Hall–Kier alpha value is -1.28. The maximum Gasteiger partial charge on any atom is 0.0776 e. The van der Waals surface area contributed by atoms with Gasteiger partial charge in [0, 0.05) is 19.3 Å². The highest BCUT2D eigenvalue weighted by atomic mass is 79.9. The highest BCUT2D eigenvalue weighted by Gasteiger charge is 2.15. The molecule has 1 atom stereocenters. The minimum atomic E-state index is 0.121. The molecule has 1 aromatic heterocycles. The minimum absolute atomic E-state index is 0.121. The Balaban J connectivity index is 3.01. The first-order chi connectivity index (χ1) is 7.07. The normalized spacial score (nSPS) is 11.9. The molecule has 5 heteroatoms. The standard InChI is InChI=1S/C10H13BrN4/c1-7(3-4-12)15(2)10-8(11)5-14-6-9(10)13/h5-7H,3,13H2,1-2H3. The Morgan fingerprint density at radius 3 is 2.87 bits per heavy atom. The summed E-state index contributed by atoms with van der Waals surface area (Å²) in [4.78, 5) is 5.95. The van der Waals surface area contributed by atoms with Gasteiger partial charge in [0.1, 0.15) is 0 Å². The van der Waals surface area contributed by atoms with Crippen LogP contribution < -0.4 is 10.6 Å². The maximum atomic E-state index is 8.64. The highest BCUT2D eigenvalue weighted by molar-refractivity contribution is 9.10. The van der Waals surface area contributed by atoms with Gasteiger partial charge in [-0.3, -0.25) is 4.98 Å². The molecule has 0 bridgehead atoms. The smallest absolute Gasteiger partial charge is 0.0776 e. The second-order valence-electron chi connectivity index (χ2n) is 3.38.